The molecule has 0 spiro atoms. The first-order valence-corrected chi connectivity index (χ1v) is 12.1. The zero-order valence-corrected chi connectivity index (χ0v) is 19.2. The highest BCUT2D eigenvalue weighted by atomic mass is 32.1. The predicted octanol–water partition coefficient (Wildman–Crippen LogP) is 2.62. The fraction of sp³-hybridized carbons (Fsp3) is 0.440. The zero-order valence-electron chi connectivity index (χ0n) is 18.3. The van der Waals surface area contributed by atoms with Crippen LogP contribution in [-0.2, 0) is 29.1 Å². The van der Waals surface area contributed by atoms with E-state index in [2.05, 4.69) is 38.2 Å². The summed E-state index contributed by atoms with van der Waals surface area (Å²) in [5.41, 5.74) is 5.93. The number of halogens is 1. The number of likely N-dealkylation sites (tertiary alicyclic amines) is 1. The molecule has 4 aliphatic rings. The molecule has 2 aromatic carbocycles. The maximum Gasteiger partial charge on any atom is 0.243 e. The van der Waals surface area contributed by atoms with E-state index in [1.807, 2.05) is 6.07 Å². The second-order valence-electron chi connectivity index (χ2n) is 9.61. The highest BCUT2D eigenvalue weighted by Crippen LogP contribution is 2.40. The molecule has 6 nitrogen and oxygen atoms in total. The number of nitrogens with zero attached hydrogens (tertiary/aromatic N) is 3. The van der Waals surface area contributed by atoms with Crippen molar-refractivity contribution in [3.05, 3.63) is 64.5 Å². The summed E-state index contributed by atoms with van der Waals surface area (Å²) in [5, 5.41) is 2.33. The van der Waals surface area contributed by atoms with Crippen molar-refractivity contribution in [1.82, 2.24) is 15.1 Å². The maximum absolute atomic E-state index is 13.5. The number of hydrogen-bond acceptors (Lipinski definition) is 6. The van der Waals surface area contributed by atoms with Crippen LogP contribution in [0, 0.1) is 5.82 Å². The number of hydrogen-bond donors (Lipinski definition) is 2. The third-order valence-electron chi connectivity index (χ3n) is 7.52. The lowest BCUT2D eigenvalue weighted by Gasteiger charge is -2.45. The Hall–Kier alpha value is -2.42. The molecular weight excluding hydrogens is 439 g/mol. The number of carbonyl (C=O) groups excluding carboxylic acids is 2. The topological polar surface area (TPSA) is 55.9 Å². The molecule has 2 aromatic rings. The second-order valence-corrected chi connectivity index (χ2v) is 10.1. The lowest BCUT2D eigenvalue weighted by atomic mass is 10.0. The van der Waals surface area contributed by atoms with E-state index in [4.69, 9.17) is 12.6 Å². The van der Waals surface area contributed by atoms with Gasteiger partial charge in [0.05, 0.1) is 17.5 Å². The normalized spacial score (nSPS) is 25.7. The van der Waals surface area contributed by atoms with Gasteiger partial charge in [-0.2, -0.15) is 12.6 Å². The number of benzene rings is 2. The van der Waals surface area contributed by atoms with Gasteiger partial charge in [0.2, 0.25) is 11.8 Å². The van der Waals surface area contributed by atoms with Gasteiger partial charge in [0, 0.05) is 44.8 Å². The number of fused-ring (bicyclic) bond motifs is 2. The quantitative estimate of drug-likeness (QED) is 0.536. The van der Waals surface area contributed by atoms with Crippen molar-refractivity contribution in [2.75, 3.05) is 24.5 Å². The van der Waals surface area contributed by atoms with E-state index in [-0.39, 0.29) is 29.0 Å². The highest BCUT2D eigenvalue weighted by molar-refractivity contribution is 7.80. The van der Waals surface area contributed by atoms with Crippen molar-refractivity contribution in [2.45, 2.75) is 49.8 Å². The van der Waals surface area contributed by atoms with E-state index in [1.54, 1.807) is 12.1 Å². The molecule has 1 N–H and O–H groups in total. The number of imide groups is 1. The Morgan fingerprint density at radius 3 is 2.73 bits per heavy atom. The molecule has 4 heterocycles. The molecule has 0 aliphatic carbocycles. The first-order chi connectivity index (χ1) is 16.0. The highest BCUT2D eigenvalue weighted by Gasteiger charge is 2.39. The van der Waals surface area contributed by atoms with E-state index in [1.165, 1.54) is 16.8 Å². The molecule has 0 aromatic heterocycles. The zero-order chi connectivity index (χ0) is 22.7. The number of nitrogens with one attached hydrogen (secondary N) is 1. The van der Waals surface area contributed by atoms with Crippen LogP contribution in [0.5, 0.6) is 0 Å². The lowest BCUT2D eigenvalue weighted by Crippen LogP contribution is -2.58. The summed E-state index contributed by atoms with van der Waals surface area (Å²) in [4.78, 5) is 30.8. The van der Waals surface area contributed by atoms with E-state index in [0.717, 1.165) is 43.7 Å². The SMILES string of the molecule is O=C1CCC(N2Cc3cc(CN4CC(N5CCc6cc(F)ccc65)C4)ccc3C2S)C(=O)N1. The lowest BCUT2D eigenvalue weighted by molar-refractivity contribution is -0.137. The van der Waals surface area contributed by atoms with Crippen LogP contribution in [0.4, 0.5) is 10.1 Å². The molecular formula is C25H27FN4O2S. The van der Waals surface area contributed by atoms with Crippen LogP contribution >= 0.6 is 12.6 Å². The monoisotopic (exact) mass is 466 g/mol. The van der Waals surface area contributed by atoms with Gasteiger partial charge in [-0.3, -0.25) is 24.7 Å². The van der Waals surface area contributed by atoms with Gasteiger partial charge < -0.3 is 4.90 Å². The molecule has 6 rings (SSSR count). The molecule has 2 atom stereocenters. The van der Waals surface area contributed by atoms with Gasteiger partial charge in [-0.15, -0.1) is 0 Å². The van der Waals surface area contributed by atoms with Crippen LogP contribution in [-0.4, -0.2) is 53.3 Å². The van der Waals surface area contributed by atoms with Crippen molar-refractivity contribution < 1.29 is 14.0 Å². The summed E-state index contributed by atoms with van der Waals surface area (Å²) in [6.07, 6.45) is 1.84. The Morgan fingerprint density at radius 2 is 1.91 bits per heavy atom. The number of rotatable bonds is 4. The number of carbonyl (C=O) groups is 2. The molecule has 2 amide bonds. The maximum atomic E-state index is 13.5. The Labute approximate surface area is 198 Å². The summed E-state index contributed by atoms with van der Waals surface area (Å²) < 4.78 is 13.5. The van der Waals surface area contributed by atoms with E-state index < -0.39 is 0 Å². The van der Waals surface area contributed by atoms with Crippen LogP contribution in [0.15, 0.2) is 36.4 Å². The minimum absolute atomic E-state index is 0.133. The summed E-state index contributed by atoms with van der Waals surface area (Å²) in [6, 6.07) is 11.9. The molecule has 0 radical (unpaired) electrons. The molecule has 0 saturated carbocycles. The van der Waals surface area contributed by atoms with E-state index in [0.29, 0.717) is 25.4 Å². The van der Waals surface area contributed by atoms with Crippen LogP contribution in [0.1, 0.15) is 40.5 Å². The van der Waals surface area contributed by atoms with Gasteiger partial charge in [-0.25, -0.2) is 4.39 Å². The van der Waals surface area contributed by atoms with Crippen molar-refractivity contribution in [3.8, 4) is 0 Å². The van der Waals surface area contributed by atoms with Gasteiger partial charge in [-0.1, -0.05) is 18.2 Å². The van der Waals surface area contributed by atoms with Gasteiger partial charge in [0.15, 0.2) is 0 Å². The second kappa shape index (κ2) is 8.11. The van der Waals surface area contributed by atoms with Crippen LogP contribution < -0.4 is 10.2 Å². The summed E-state index contributed by atoms with van der Waals surface area (Å²) >= 11 is 4.79. The largest absolute Gasteiger partial charge is 0.365 e. The molecule has 172 valence electrons. The Bertz CT molecular complexity index is 1140. The smallest absolute Gasteiger partial charge is 0.243 e. The first kappa shape index (κ1) is 21.1. The summed E-state index contributed by atoms with van der Waals surface area (Å²) in [6.45, 7) is 4.55. The van der Waals surface area contributed by atoms with Crippen LogP contribution in [0.3, 0.4) is 0 Å². The predicted molar refractivity (Wildman–Crippen MR) is 126 cm³/mol. The number of piperidine rings is 1. The third-order valence-corrected chi connectivity index (χ3v) is 8.10. The van der Waals surface area contributed by atoms with Crippen molar-refractivity contribution >= 4 is 30.1 Å². The minimum Gasteiger partial charge on any atom is -0.365 e. The molecule has 2 fully saturated rings. The van der Waals surface area contributed by atoms with Gasteiger partial charge in [-0.05, 0) is 53.3 Å². The average molecular weight is 467 g/mol. The Morgan fingerprint density at radius 1 is 1.06 bits per heavy atom. The van der Waals surface area contributed by atoms with Gasteiger partial charge in [0.25, 0.3) is 0 Å². The van der Waals surface area contributed by atoms with Gasteiger partial charge >= 0.3 is 0 Å². The Kier molecular flexibility index (Phi) is 5.19. The average Bonchev–Trinajstić information content (AvgIpc) is 3.31. The molecule has 33 heavy (non-hydrogen) atoms. The van der Waals surface area contributed by atoms with Crippen LogP contribution in [0.25, 0.3) is 0 Å². The number of amides is 2. The summed E-state index contributed by atoms with van der Waals surface area (Å²) in [7, 11) is 0. The summed E-state index contributed by atoms with van der Waals surface area (Å²) in [5.74, 6) is -0.554. The van der Waals surface area contributed by atoms with E-state index in [9.17, 15) is 14.0 Å². The number of anilines is 1. The fourth-order valence-electron chi connectivity index (χ4n) is 5.79. The van der Waals surface area contributed by atoms with Crippen molar-refractivity contribution in [1.29, 1.82) is 0 Å². The van der Waals surface area contributed by atoms with Crippen molar-refractivity contribution in [3.63, 3.8) is 0 Å². The first-order valence-electron chi connectivity index (χ1n) is 11.6. The molecule has 2 unspecified atom stereocenters. The fourth-order valence-corrected chi connectivity index (χ4v) is 6.28. The molecule has 0 bridgehead atoms. The molecule has 4 aliphatic heterocycles. The Balaban J connectivity index is 1.08. The van der Waals surface area contributed by atoms with Crippen LogP contribution in [0.2, 0.25) is 0 Å². The molecule has 8 heteroatoms. The van der Waals surface area contributed by atoms with E-state index >= 15 is 0 Å². The molecule has 2 saturated heterocycles. The van der Waals surface area contributed by atoms with Crippen molar-refractivity contribution in [2.24, 2.45) is 0 Å². The minimum atomic E-state index is -0.311. The van der Waals surface area contributed by atoms with Gasteiger partial charge in [0.1, 0.15) is 5.82 Å². The third kappa shape index (κ3) is 3.74. The standard InChI is InChI=1S/C25H27FN4O2S/c26-18-2-4-21-16(10-18)7-8-29(21)19-13-28(14-19)11-15-1-3-20-17(9-15)12-30(25(20)33)22-5-6-23(31)27-24(22)32/h1-4,9-10,19,22,25,33H,5-8,11-14H2,(H,27,31,32). The number of thiol groups is 1.